The topological polar surface area (TPSA) is 99.1 Å². The molecule has 0 aliphatic carbocycles. The van der Waals surface area contributed by atoms with Gasteiger partial charge in [-0.15, -0.1) is 0 Å². The first kappa shape index (κ1) is 13.4. The van der Waals surface area contributed by atoms with Gasteiger partial charge in [-0.1, -0.05) is 0 Å². The Hall–Kier alpha value is -3.00. The number of phenols is 1. The lowest BCUT2D eigenvalue weighted by Gasteiger charge is -2.08. The fourth-order valence-electron chi connectivity index (χ4n) is 1.75. The van der Waals surface area contributed by atoms with Crippen LogP contribution >= 0.6 is 0 Å². The van der Waals surface area contributed by atoms with Crippen LogP contribution in [-0.4, -0.2) is 11.0 Å². The number of benzene rings is 2. The van der Waals surface area contributed by atoms with E-state index >= 15 is 0 Å². The lowest BCUT2D eigenvalue weighted by molar-refractivity contribution is -0.115. The molecule has 0 spiro atoms. The van der Waals surface area contributed by atoms with Crippen LogP contribution < -0.4 is 11.1 Å². The second kappa shape index (κ2) is 5.76. The number of nitrogen functional groups attached to an aromatic ring is 1. The molecule has 2 aromatic rings. The number of nitrogens with two attached hydrogens (primary N) is 1. The number of hydrogen-bond acceptors (Lipinski definition) is 4. The highest BCUT2D eigenvalue weighted by molar-refractivity contribution is 5.93. The molecule has 0 heterocycles. The van der Waals surface area contributed by atoms with Gasteiger partial charge in [-0.3, -0.25) is 4.79 Å². The van der Waals surface area contributed by atoms with E-state index in [0.717, 1.165) is 0 Å². The predicted molar refractivity (Wildman–Crippen MR) is 76.0 cm³/mol. The van der Waals surface area contributed by atoms with Crippen molar-refractivity contribution in [3.8, 4) is 11.8 Å². The van der Waals surface area contributed by atoms with Crippen LogP contribution in [-0.2, 0) is 11.2 Å². The molecule has 0 aliphatic heterocycles. The van der Waals surface area contributed by atoms with Gasteiger partial charge >= 0.3 is 0 Å². The van der Waals surface area contributed by atoms with E-state index in [1.54, 1.807) is 30.3 Å². The lowest BCUT2D eigenvalue weighted by Crippen LogP contribution is -2.15. The summed E-state index contributed by atoms with van der Waals surface area (Å²) in [5, 5.41) is 20.8. The van der Waals surface area contributed by atoms with Crippen LogP contribution in [0.1, 0.15) is 11.1 Å². The van der Waals surface area contributed by atoms with Crippen LogP contribution in [0.4, 0.5) is 11.4 Å². The van der Waals surface area contributed by atoms with Crippen molar-refractivity contribution in [3.63, 3.8) is 0 Å². The van der Waals surface area contributed by atoms with Gasteiger partial charge in [0.1, 0.15) is 5.75 Å². The van der Waals surface area contributed by atoms with Gasteiger partial charge in [0.15, 0.2) is 0 Å². The molecule has 0 radical (unpaired) electrons. The molecule has 100 valence electrons. The fraction of sp³-hybridized carbons (Fsp3) is 0.0667. The van der Waals surface area contributed by atoms with Crippen LogP contribution in [0.25, 0.3) is 0 Å². The molecule has 1 amide bonds. The normalized spacial score (nSPS) is 9.75. The van der Waals surface area contributed by atoms with E-state index in [1.165, 1.54) is 12.1 Å². The first-order valence-corrected chi connectivity index (χ1v) is 5.96. The Morgan fingerprint density at radius 3 is 2.60 bits per heavy atom. The fourth-order valence-corrected chi connectivity index (χ4v) is 1.75. The molecule has 0 saturated carbocycles. The first-order chi connectivity index (χ1) is 9.58. The van der Waals surface area contributed by atoms with Crippen LogP contribution in [0, 0.1) is 11.3 Å². The van der Waals surface area contributed by atoms with E-state index < -0.39 is 0 Å². The van der Waals surface area contributed by atoms with Gasteiger partial charge in [0.2, 0.25) is 5.91 Å². The van der Waals surface area contributed by atoms with Gasteiger partial charge in [-0.05, 0) is 48.0 Å². The molecule has 20 heavy (non-hydrogen) atoms. The molecule has 2 rings (SSSR count). The van der Waals surface area contributed by atoms with Gasteiger partial charge in [0.25, 0.3) is 0 Å². The number of rotatable bonds is 3. The van der Waals surface area contributed by atoms with Crippen LogP contribution in [0.2, 0.25) is 0 Å². The minimum absolute atomic E-state index is 0.0697. The van der Waals surface area contributed by atoms with E-state index in [9.17, 15) is 9.90 Å². The summed E-state index contributed by atoms with van der Waals surface area (Å²) in [4.78, 5) is 11.9. The SMILES string of the molecule is N#Cc1ccc(NC(=O)Cc2cc(O)ccc2N)cc1. The third-order valence-corrected chi connectivity index (χ3v) is 2.78. The Morgan fingerprint density at radius 1 is 1.25 bits per heavy atom. The minimum atomic E-state index is -0.244. The molecule has 0 fully saturated rings. The molecule has 0 bridgehead atoms. The van der Waals surface area contributed by atoms with E-state index in [4.69, 9.17) is 11.0 Å². The van der Waals surface area contributed by atoms with E-state index in [2.05, 4.69) is 5.32 Å². The van der Waals surface area contributed by atoms with Gasteiger partial charge in [0, 0.05) is 11.4 Å². The number of phenolic OH excluding ortho intramolecular Hbond substituents is 1. The van der Waals surface area contributed by atoms with Crippen LogP contribution in [0.15, 0.2) is 42.5 Å². The number of carbonyl (C=O) groups is 1. The zero-order valence-electron chi connectivity index (χ0n) is 10.6. The Labute approximate surface area is 116 Å². The Balaban J connectivity index is 2.05. The molecular formula is C15H13N3O2. The van der Waals surface area contributed by atoms with Crippen molar-refractivity contribution < 1.29 is 9.90 Å². The quantitative estimate of drug-likeness (QED) is 0.585. The predicted octanol–water partition coefficient (Wildman–Crippen LogP) is 2.03. The molecule has 0 unspecified atom stereocenters. The van der Waals surface area contributed by atoms with Crippen molar-refractivity contribution in [1.82, 2.24) is 0 Å². The maximum atomic E-state index is 11.9. The molecule has 0 aromatic heterocycles. The second-order valence-corrected chi connectivity index (χ2v) is 4.30. The number of nitriles is 1. The highest BCUT2D eigenvalue weighted by atomic mass is 16.3. The van der Waals surface area contributed by atoms with Crippen LogP contribution in [0.3, 0.4) is 0 Å². The minimum Gasteiger partial charge on any atom is -0.508 e. The number of nitrogens with zero attached hydrogens (tertiary/aromatic N) is 1. The first-order valence-electron chi connectivity index (χ1n) is 5.96. The molecule has 5 nitrogen and oxygen atoms in total. The number of nitrogens with one attached hydrogen (secondary N) is 1. The third kappa shape index (κ3) is 3.27. The van der Waals surface area contributed by atoms with Crippen molar-refractivity contribution in [3.05, 3.63) is 53.6 Å². The molecule has 0 saturated heterocycles. The second-order valence-electron chi connectivity index (χ2n) is 4.30. The maximum Gasteiger partial charge on any atom is 0.228 e. The largest absolute Gasteiger partial charge is 0.508 e. The molecule has 4 N–H and O–H groups in total. The number of aromatic hydroxyl groups is 1. The number of hydrogen-bond donors (Lipinski definition) is 3. The average molecular weight is 267 g/mol. The number of anilines is 2. The number of carbonyl (C=O) groups excluding carboxylic acids is 1. The van der Waals surface area contributed by atoms with Crippen molar-refractivity contribution >= 4 is 17.3 Å². The summed E-state index contributed by atoms with van der Waals surface area (Å²) in [5.41, 5.74) is 7.90. The maximum absolute atomic E-state index is 11.9. The molecule has 0 aliphatic rings. The summed E-state index contributed by atoms with van der Waals surface area (Å²) >= 11 is 0. The van der Waals surface area contributed by atoms with Gasteiger partial charge < -0.3 is 16.2 Å². The summed E-state index contributed by atoms with van der Waals surface area (Å²) in [7, 11) is 0. The summed E-state index contributed by atoms with van der Waals surface area (Å²) in [6.45, 7) is 0. The Bertz CT molecular complexity index is 673. The van der Waals surface area contributed by atoms with Crippen molar-refractivity contribution in [2.45, 2.75) is 6.42 Å². The Morgan fingerprint density at radius 2 is 1.95 bits per heavy atom. The van der Waals surface area contributed by atoms with E-state index in [0.29, 0.717) is 22.5 Å². The highest BCUT2D eigenvalue weighted by Crippen LogP contribution is 2.19. The molecule has 2 aromatic carbocycles. The summed E-state index contributed by atoms with van der Waals surface area (Å²) < 4.78 is 0. The highest BCUT2D eigenvalue weighted by Gasteiger charge is 2.08. The Kier molecular flexibility index (Phi) is 3.87. The third-order valence-electron chi connectivity index (χ3n) is 2.78. The molecular weight excluding hydrogens is 254 g/mol. The smallest absolute Gasteiger partial charge is 0.228 e. The monoisotopic (exact) mass is 267 g/mol. The average Bonchev–Trinajstić information content (AvgIpc) is 2.43. The summed E-state index contributed by atoms with van der Waals surface area (Å²) in [6.07, 6.45) is 0.0697. The summed E-state index contributed by atoms with van der Waals surface area (Å²) in [6, 6.07) is 13.1. The zero-order chi connectivity index (χ0) is 14.5. The van der Waals surface area contributed by atoms with E-state index in [1.807, 2.05) is 6.07 Å². The standard InChI is InChI=1S/C15H13N3O2/c16-9-10-1-3-12(4-2-10)18-15(20)8-11-7-13(19)5-6-14(11)17/h1-7,19H,8,17H2,(H,18,20). The van der Waals surface area contributed by atoms with Crippen LogP contribution in [0.5, 0.6) is 5.75 Å². The van der Waals surface area contributed by atoms with Gasteiger partial charge in [-0.2, -0.15) is 5.26 Å². The number of amides is 1. The van der Waals surface area contributed by atoms with Crippen molar-refractivity contribution in [2.24, 2.45) is 0 Å². The van der Waals surface area contributed by atoms with E-state index in [-0.39, 0.29) is 18.1 Å². The van der Waals surface area contributed by atoms with Gasteiger partial charge in [0.05, 0.1) is 18.1 Å². The molecule has 5 heteroatoms. The zero-order valence-corrected chi connectivity index (χ0v) is 10.6. The van der Waals surface area contributed by atoms with Crippen molar-refractivity contribution in [2.75, 3.05) is 11.1 Å². The summed E-state index contributed by atoms with van der Waals surface area (Å²) in [5.74, 6) is -0.174. The van der Waals surface area contributed by atoms with Gasteiger partial charge in [-0.25, -0.2) is 0 Å². The van der Waals surface area contributed by atoms with Crippen molar-refractivity contribution in [1.29, 1.82) is 5.26 Å². The molecule has 0 atom stereocenters. The lowest BCUT2D eigenvalue weighted by atomic mass is 10.1.